The Bertz CT molecular complexity index is 422. The molecule has 0 atom stereocenters. The molecule has 0 bridgehead atoms. The SMILES string of the molecule is CCOC1CCN(Cc2cc(CNC(C)C)sc2C)CC1. The second-order valence-corrected chi connectivity index (χ2v) is 7.60. The number of rotatable bonds is 7. The van der Waals surface area contributed by atoms with E-state index in [0.717, 1.165) is 19.7 Å². The average Bonchev–Trinajstić information content (AvgIpc) is 2.80. The summed E-state index contributed by atoms with van der Waals surface area (Å²) in [6.45, 7) is 14.0. The van der Waals surface area contributed by atoms with E-state index in [0.29, 0.717) is 12.1 Å². The van der Waals surface area contributed by atoms with Gasteiger partial charge in [-0.05, 0) is 38.3 Å². The fourth-order valence-electron chi connectivity index (χ4n) is 2.85. The van der Waals surface area contributed by atoms with E-state index in [1.165, 1.54) is 41.2 Å². The van der Waals surface area contributed by atoms with Crippen molar-refractivity contribution in [3.63, 3.8) is 0 Å². The Morgan fingerprint density at radius 2 is 2.10 bits per heavy atom. The lowest BCUT2D eigenvalue weighted by molar-refractivity contribution is 0.0125. The maximum atomic E-state index is 5.73. The molecule has 1 aliphatic rings. The second-order valence-electron chi connectivity index (χ2n) is 6.26. The van der Waals surface area contributed by atoms with Gasteiger partial charge < -0.3 is 10.1 Å². The van der Waals surface area contributed by atoms with E-state index in [1.54, 1.807) is 0 Å². The number of thiophene rings is 1. The molecule has 0 spiro atoms. The molecule has 4 heteroatoms. The Morgan fingerprint density at radius 1 is 1.38 bits per heavy atom. The van der Waals surface area contributed by atoms with Crippen molar-refractivity contribution in [2.45, 2.75) is 65.8 Å². The van der Waals surface area contributed by atoms with Crippen LogP contribution in [-0.2, 0) is 17.8 Å². The summed E-state index contributed by atoms with van der Waals surface area (Å²) >= 11 is 1.94. The zero-order chi connectivity index (χ0) is 15.2. The van der Waals surface area contributed by atoms with E-state index in [1.807, 2.05) is 11.3 Å². The van der Waals surface area contributed by atoms with Gasteiger partial charge in [-0.3, -0.25) is 4.90 Å². The summed E-state index contributed by atoms with van der Waals surface area (Å²) < 4.78 is 5.73. The second kappa shape index (κ2) is 8.28. The molecule has 1 aromatic rings. The summed E-state index contributed by atoms with van der Waals surface area (Å²) in [4.78, 5) is 5.51. The van der Waals surface area contributed by atoms with Crippen molar-refractivity contribution in [1.82, 2.24) is 10.2 Å². The maximum absolute atomic E-state index is 5.73. The van der Waals surface area contributed by atoms with Crippen LogP contribution in [0.5, 0.6) is 0 Å². The maximum Gasteiger partial charge on any atom is 0.0599 e. The Morgan fingerprint density at radius 3 is 2.71 bits per heavy atom. The van der Waals surface area contributed by atoms with Gasteiger partial charge in [-0.2, -0.15) is 0 Å². The molecule has 1 N–H and O–H groups in total. The highest BCUT2D eigenvalue weighted by Crippen LogP contribution is 2.24. The van der Waals surface area contributed by atoms with Gasteiger partial charge in [-0.1, -0.05) is 13.8 Å². The van der Waals surface area contributed by atoms with E-state index in [4.69, 9.17) is 4.74 Å². The van der Waals surface area contributed by atoms with Gasteiger partial charge in [-0.25, -0.2) is 0 Å². The molecule has 1 aromatic heterocycles. The summed E-state index contributed by atoms with van der Waals surface area (Å²) in [5.74, 6) is 0. The van der Waals surface area contributed by atoms with Gasteiger partial charge in [0.15, 0.2) is 0 Å². The zero-order valence-corrected chi connectivity index (χ0v) is 14.8. The lowest BCUT2D eigenvalue weighted by atomic mass is 10.1. The van der Waals surface area contributed by atoms with Gasteiger partial charge in [0.2, 0.25) is 0 Å². The topological polar surface area (TPSA) is 24.5 Å². The van der Waals surface area contributed by atoms with E-state index in [2.05, 4.69) is 44.0 Å². The van der Waals surface area contributed by atoms with Crippen LogP contribution in [0.15, 0.2) is 6.07 Å². The Balaban J connectivity index is 1.83. The molecule has 0 aliphatic carbocycles. The predicted octanol–water partition coefficient (Wildman–Crippen LogP) is 3.56. The molecule has 0 radical (unpaired) electrons. The van der Waals surface area contributed by atoms with Crippen LogP contribution in [0.4, 0.5) is 0 Å². The predicted molar refractivity (Wildman–Crippen MR) is 91.0 cm³/mol. The van der Waals surface area contributed by atoms with Gasteiger partial charge in [0.25, 0.3) is 0 Å². The third kappa shape index (κ3) is 5.37. The van der Waals surface area contributed by atoms with E-state index >= 15 is 0 Å². The highest BCUT2D eigenvalue weighted by Gasteiger charge is 2.20. The van der Waals surface area contributed by atoms with Crippen molar-refractivity contribution in [3.05, 3.63) is 21.4 Å². The average molecular weight is 311 g/mol. The minimum Gasteiger partial charge on any atom is -0.378 e. The Hall–Kier alpha value is -0.420. The number of likely N-dealkylation sites (tertiary alicyclic amines) is 1. The molecule has 0 unspecified atom stereocenters. The third-order valence-electron chi connectivity index (χ3n) is 4.09. The summed E-state index contributed by atoms with van der Waals surface area (Å²) in [5.41, 5.74) is 1.51. The van der Waals surface area contributed by atoms with Gasteiger partial charge in [0.1, 0.15) is 0 Å². The van der Waals surface area contributed by atoms with Crippen molar-refractivity contribution < 1.29 is 4.74 Å². The Kier molecular flexibility index (Phi) is 6.68. The molecule has 0 saturated carbocycles. The first-order valence-electron chi connectivity index (χ1n) is 8.24. The molecular formula is C17H30N2OS. The number of hydrogen-bond donors (Lipinski definition) is 1. The molecule has 1 aliphatic heterocycles. The molecule has 3 nitrogen and oxygen atoms in total. The van der Waals surface area contributed by atoms with E-state index in [-0.39, 0.29) is 0 Å². The molecule has 2 rings (SSSR count). The van der Waals surface area contributed by atoms with Gasteiger partial charge in [-0.15, -0.1) is 11.3 Å². The summed E-state index contributed by atoms with van der Waals surface area (Å²) in [7, 11) is 0. The van der Waals surface area contributed by atoms with E-state index < -0.39 is 0 Å². The third-order valence-corrected chi connectivity index (χ3v) is 5.18. The van der Waals surface area contributed by atoms with Crippen molar-refractivity contribution in [2.24, 2.45) is 0 Å². The van der Waals surface area contributed by atoms with Gasteiger partial charge in [0, 0.05) is 48.6 Å². The molecular weight excluding hydrogens is 280 g/mol. The number of aryl methyl sites for hydroxylation is 1. The van der Waals surface area contributed by atoms with Crippen LogP contribution in [-0.4, -0.2) is 36.7 Å². The van der Waals surface area contributed by atoms with Crippen LogP contribution >= 0.6 is 11.3 Å². The first-order valence-corrected chi connectivity index (χ1v) is 9.05. The van der Waals surface area contributed by atoms with Crippen LogP contribution < -0.4 is 5.32 Å². The highest BCUT2D eigenvalue weighted by atomic mass is 32.1. The highest BCUT2D eigenvalue weighted by molar-refractivity contribution is 7.12. The smallest absolute Gasteiger partial charge is 0.0599 e. The minimum atomic E-state index is 0.487. The molecule has 1 fully saturated rings. The summed E-state index contributed by atoms with van der Waals surface area (Å²) in [5, 5.41) is 3.51. The molecule has 0 amide bonds. The van der Waals surface area contributed by atoms with Crippen LogP contribution in [0.25, 0.3) is 0 Å². The fraction of sp³-hybridized carbons (Fsp3) is 0.765. The van der Waals surface area contributed by atoms with Crippen molar-refractivity contribution in [3.8, 4) is 0 Å². The quantitative estimate of drug-likeness (QED) is 0.833. The number of hydrogen-bond acceptors (Lipinski definition) is 4. The number of nitrogens with one attached hydrogen (secondary N) is 1. The summed E-state index contributed by atoms with van der Waals surface area (Å²) in [6, 6.07) is 2.94. The molecule has 21 heavy (non-hydrogen) atoms. The molecule has 120 valence electrons. The van der Waals surface area contributed by atoms with Gasteiger partial charge >= 0.3 is 0 Å². The minimum absolute atomic E-state index is 0.487. The lowest BCUT2D eigenvalue weighted by Crippen LogP contribution is -2.36. The van der Waals surface area contributed by atoms with Crippen molar-refractivity contribution >= 4 is 11.3 Å². The van der Waals surface area contributed by atoms with E-state index in [9.17, 15) is 0 Å². The Labute approximate surface area is 133 Å². The fourth-order valence-corrected chi connectivity index (χ4v) is 3.85. The zero-order valence-electron chi connectivity index (χ0n) is 13.9. The van der Waals surface area contributed by atoms with Crippen LogP contribution in [0.3, 0.4) is 0 Å². The summed E-state index contributed by atoms with van der Waals surface area (Å²) in [6.07, 6.45) is 2.85. The van der Waals surface area contributed by atoms with Gasteiger partial charge in [0.05, 0.1) is 6.10 Å². The van der Waals surface area contributed by atoms with Crippen LogP contribution in [0, 0.1) is 6.92 Å². The normalized spacial score (nSPS) is 17.8. The van der Waals surface area contributed by atoms with Crippen LogP contribution in [0.1, 0.15) is 48.9 Å². The molecule has 1 saturated heterocycles. The van der Waals surface area contributed by atoms with Crippen molar-refractivity contribution in [1.29, 1.82) is 0 Å². The molecule has 0 aromatic carbocycles. The monoisotopic (exact) mass is 310 g/mol. The van der Waals surface area contributed by atoms with Crippen LogP contribution in [0.2, 0.25) is 0 Å². The molecule has 2 heterocycles. The standard InChI is InChI=1S/C17H30N2OS/c1-5-20-16-6-8-19(9-7-16)12-15-10-17(21-14(15)4)11-18-13(2)3/h10,13,16,18H,5-9,11-12H2,1-4H3. The number of piperidine rings is 1. The first kappa shape index (κ1) is 16.9. The largest absolute Gasteiger partial charge is 0.378 e. The number of ether oxygens (including phenoxy) is 1. The first-order chi connectivity index (χ1) is 10.1. The lowest BCUT2D eigenvalue weighted by Gasteiger charge is -2.31. The number of nitrogens with zero attached hydrogens (tertiary/aromatic N) is 1. The van der Waals surface area contributed by atoms with Crippen molar-refractivity contribution in [2.75, 3.05) is 19.7 Å².